The molecule has 3 heteroatoms. The van der Waals surface area contributed by atoms with Gasteiger partial charge >= 0.3 is 0 Å². The van der Waals surface area contributed by atoms with Gasteiger partial charge in [0, 0.05) is 59.0 Å². The second-order valence-electron chi connectivity index (χ2n) is 12.8. The minimum absolute atomic E-state index is 0.920. The van der Waals surface area contributed by atoms with Gasteiger partial charge in [0.05, 0.1) is 0 Å². The summed E-state index contributed by atoms with van der Waals surface area (Å²) in [6.07, 6.45) is 6.46. The quantitative estimate of drug-likeness (QED) is 0.185. The molecule has 0 saturated heterocycles. The van der Waals surface area contributed by atoms with E-state index in [4.69, 9.17) is 4.42 Å². The molecule has 0 fully saturated rings. The summed E-state index contributed by atoms with van der Waals surface area (Å²) < 4.78 is 9.49. The van der Waals surface area contributed by atoms with Crippen LogP contribution in [0.2, 0.25) is 0 Å². The molecular weight excluding hydrogens is 615 g/mol. The molecule has 49 heavy (non-hydrogen) atoms. The van der Waals surface area contributed by atoms with Gasteiger partial charge in [0.25, 0.3) is 0 Å². The monoisotopic (exact) mass is 645 g/mol. The molecule has 2 aromatic heterocycles. The van der Waals surface area contributed by atoms with E-state index in [0.717, 1.165) is 40.2 Å². The van der Waals surface area contributed by atoms with Gasteiger partial charge in [-0.3, -0.25) is 0 Å². The van der Waals surface area contributed by atoms with Crippen LogP contribution >= 0.6 is 11.3 Å². The Morgan fingerprint density at radius 1 is 0.449 bits per heavy atom. The molecule has 0 spiro atoms. The van der Waals surface area contributed by atoms with E-state index in [1.165, 1.54) is 64.9 Å². The zero-order valence-corrected chi connectivity index (χ0v) is 27.6. The van der Waals surface area contributed by atoms with Crippen molar-refractivity contribution in [2.75, 3.05) is 4.90 Å². The second-order valence-corrected chi connectivity index (χ2v) is 13.9. The van der Waals surface area contributed by atoms with E-state index in [0.29, 0.717) is 0 Å². The van der Waals surface area contributed by atoms with Crippen molar-refractivity contribution < 1.29 is 4.42 Å². The molecule has 0 unspecified atom stereocenters. The SMILES string of the molecule is C1=C(c2cccc3c2oc2c4ccccc4c(-c4ccccc4)cc32)CCC(N(c2ccccc2)c2ccc3c(c2)sc2ccccc23)=C1. The molecule has 0 radical (unpaired) electrons. The fourth-order valence-corrected chi connectivity index (χ4v) is 8.82. The lowest BCUT2D eigenvalue weighted by atomic mass is 9.92. The third-order valence-electron chi connectivity index (χ3n) is 9.98. The number of furan rings is 1. The highest BCUT2D eigenvalue weighted by Crippen LogP contribution is 2.44. The van der Waals surface area contributed by atoms with E-state index in [-0.39, 0.29) is 0 Å². The lowest BCUT2D eigenvalue weighted by molar-refractivity contribution is 0.671. The lowest BCUT2D eigenvalue weighted by Crippen LogP contribution is -2.17. The molecular formula is C46H31NOS. The molecule has 0 aliphatic heterocycles. The Hall–Kier alpha value is -5.90. The fourth-order valence-electron chi connectivity index (χ4n) is 7.68. The van der Waals surface area contributed by atoms with Gasteiger partial charge in [-0.1, -0.05) is 121 Å². The molecule has 0 bridgehead atoms. The van der Waals surface area contributed by atoms with Gasteiger partial charge in [-0.05, 0) is 77.4 Å². The van der Waals surface area contributed by atoms with Gasteiger partial charge in [0.1, 0.15) is 11.2 Å². The molecule has 9 aromatic rings. The molecule has 2 heterocycles. The first-order chi connectivity index (χ1) is 24.3. The van der Waals surface area contributed by atoms with E-state index in [2.05, 4.69) is 169 Å². The summed E-state index contributed by atoms with van der Waals surface area (Å²) >= 11 is 1.87. The van der Waals surface area contributed by atoms with Crippen molar-refractivity contribution in [1.82, 2.24) is 0 Å². The number of para-hydroxylation sites is 2. The average molecular weight is 646 g/mol. The zero-order valence-electron chi connectivity index (χ0n) is 26.8. The van der Waals surface area contributed by atoms with E-state index in [1.54, 1.807) is 0 Å². The Morgan fingerprint density at radius 3 is 1.96 bits per heavy atom. The number of benzene rings is 7. The number of nitrogens with zero attached hydrogens (tertiary/aromatic N) is 1. The van der Waals surface area contributed by atoms with Gasteiger partial charge in [-0.25, -0.2) is 0 Å². The minimum atomic E-state index is 0.920. The Morgan fingerprint density at radius 2 is 1.14 bits per heavy atom. The van der Waals surface area contributed by atoms with Crippen LogP contribution in [0.3, 0.4) is 0 Å². The summed E-state index contributed by atoms with van der Waals surface area (Å²) in [5, 5.41) is 7.33. The van der Waals surface area contributed by atoms with Crippen molar-refractivity contribution in [3.63, 3.8) is 0 Å². The molecule has 2 nitrogen and oxygen atoms in total. The smallest absolute Gasteiger partial charge is 0.143 e. The Kier molecular flexibility index (Phi) is 6.53. The molecule has 0 saturated carbocycles. The predicted molar refractivity (Wildman–Crippen MR) is 210 cm³/mol. The zero-order chi connectivity index (χ0) is 32.3. The van der Waals surface area contributed by atoms with Crippen LogP contribution in [0.25, 0.3) is 69.6 Å². The van der Waals surface area contributed by atoms with Crippen molar-refractivity contribution in [2.45, 2.75) is 12.8 Å². The Bertz CT molecular complexity index is 2770. The highest BCUT2D eigenvalue weighted by Gasteiger charge is 2.22. The summed E-state index contributed by atoms with van der Waals surface area (Å²) in [7, 11) is 0. The number of anilines is 2. The average Bonchev–Trinajstić information content (AvgIpc) is 3.74. The standard InChI is InChI=1S/C46H31NOS/c1-3-12-30(13-4-1)41-29-42-40-20-11-19-35(45(40)48-46(42)39-18-8-7-16-36(39)41)31-22-24-33(25-23-31)47(32-14-5-2-6-15-32)34-26-27-38-37-17-9-10-21-43(37)49-44(38)28-34/h1-22,24,26-29H,23,25H2. The van der Waals surface area contributed by atoms with Crippen LogP contribution in [-0.2, 0) is 0 Å². The summed E-state index contributed by atoms with van der Waals surface area (Å²) in [6.45, 7) is 0. The van der Waals surface area contributed by atoms with Crippen LogP contribution in [-0.4, -0.2) is 0 Å². The minimum Gasteiger partial charge on any atom is -0.455 e. The summed E-state index contributed by atoms with van der Waals surface area (Å²) in [5.41, 5.74) is 10.5. The summed E-state index contributed by atoms with van der Waals surface area (Å²) in [5.74, 6) is 0. The maximum Gasteiger partial charge on any atom is 0.143 e. The first-order valence-electron chi connectivity index (χ1n) is 16.9. The number of fused-ring (bicyclic) bond motifs is 8. The topological polar surface area (TPSA) is 16.4 Å². The highest BCUT2D eigenvalue weighted by atomic mass is 32.1. The van der Waals surface area contributed by atoms with Gasteiger partial charge in [0.15, 0.2) is 0 Å². The first-order valence-corrected chi connectivity index (χ1v) is 17.7. The number of allylic oxidation sites excluding steroid dienone is 4. The second kappa shape index (κ2) is 11.4. The Balaban J connectivity index is 1.09. The van der Waals surface area contributed by atoms with Gasteiger partial charge in [-0.15, -0.1) is 11.3 Å². The van der Waals surface area contributed by atoms with E-state index >= 15 is 0 Å². The molecule has 1 aliphatic rings. The van der Waals surface area contributed by atoms with Crippen LogP contribution < -0.4 is 4.90 Å². The highest BCUT2D eigenvalue weighted by molar-refractivity contribution is 7.25. The van der Waals surface area contributed by atoms with Crippen LogP contribution in [0.4, 0.5) is 11.4 Å². The van der Waals surface area contributed by atoms with Gasteiger partial charge in [-0.2, -0.15) is 0 Å². The lowest BCUT2D eigenvalue weighted by Gasteiger charge is -2.30. The first kappa shape index (κ1) is 28.1. The van der Waals surface area contributed by atoms with Gasteiger partial charge < -0.3 is 9.32 Å². The van der Waals surface area contributed by atoms with Crippen molar-refractivity contribution in [1.29, 1.82) is 0 Å². The summed E-state index contributed by atoms with van der Waals surface area (Å²) in [6, 6.07) is 54.6. The molecule has 7 aromatic carbocycles. The number of rotatable bonds is 5. The van der Waals surface area contributed by atoms with Gasteiger partial charge in [0.2, 0.25) is 0 Å². The molecule has 10 rings (SSSR count). The molecule has 1 aliphatic carbocycles. The maximum atomic E-state index is 6.85. The van der Waals surface area contributed by atoms with Crippen LogP contribution in [0.1, 0.15) is 18.4 Å². The molecule has 0 N–H and O–H groups in total. The van der Waals surface area contributed by atoms with Crippen molar-refractivity contribution in [2.24, 2.45) is 0 Å². The summed E-state index contributed by atoms with van der Waals surface area (Å²) in [4.78, 5) is 2.43. The molecule has 232 valence electrons. The Labute approximate surface area is 288 Å². The van der Waals surface area contributed by atoms with Crippen LogP contribution in [0.5, 0.6) is 0 Å². The third-order valence-corrected chi connectivity index (χ3v) is 11.1. The number of hydrogen-bond donors (Lipinski definition) is 0. The maximum absolute atomic E-state index is 6.85. The largest absolute Gasteiger partial charge is 0.455 e. The molecule has 0 atom stereocenters. The third kappa shape index (κ3) is 4.62. The van der Waals surface area contributed by atoms with E-state index < -0.39 is 0 Å². The van der Waals surface area contributed by atoms with Crippen molar-refractivity contribution in [3.8, 4) is 11.1 Å². The predicted octanol–water partition coefficient (Wildman–Crippen LogP) is 13.7. The van der Waals surface area contributed by atoms with E-state index in [1.807, 2.05) is 11.3 Å². The van der Waals surface area contributed by atoms with Crippen molar-refractivity contribution in [3.05, 3.63) is 175 Å². The normalized spacial score (nSPS) is 13.4. The van der Waals surface area contributed by atoms with Crippen LogP contribution in [0.15, 0.2) is 174 Å². The number of thiophene rings is 1. The van der Waals surface area contributed by atoms with Crippen LogP contribution in [0, 0.1) is 0 Å². The number of hydrogen-bond acceptors (Lipinski definition) is 3. The fraction of sp³-hybridized carbons (Fsp3) is 0.0435. The molecule has 0 amide bonds. The van der Waals surface area contributed by atoms with Crippen molar-refractivity contribution >= 4 is 81.2 Å². The van der Waals surface area contributed by atoms with E-state index in [9.17, 15) is 0 Å².